The van der Waals surface area contributed by atoms with Crippen molar-refractivity contribution in [2.75, 3.05) is 13.2 Å². The maximum Gasteiger partial charge on any atom is 0.230 e. The maximum atomic E-state index is 12.8. The molecule has 0 radical (unpaired) electrons. The zero-order valence-corrected chi connectivity index (χ0v) is 12.8. The van der Waals surface area contributed by atoms with Crippen molar-refractivity contribution in [1.82, 2.24) is 5.32 Å². The SMILES string of the molecule is O=C(N[C@@H]1CCCC2(C1)OCCO2)C1(c2ccccc2)CC1. The minimum atomic E-state index is -0.431. The highest BCUT2D eigenvalue weighted by Crippen LogP contribution is 2.48. The lowest BCUT2D eigenvalue weighted by atomic mass is 9.88. The van der Waals surface area contributed by atoms with E-state index in [1.807, 2.05) is 18.2 Å². The van der Waals surface area contributed by atoms with Crippen molar-refractivity contribution in [3.8, 4) is 0 Å². The molecule has 1 aromatic carbocycles. The van der Waals surface area contributed by atoms with Gasteiger partial charge < -0.3 is 14.8 Å². The van der Waals surface area contributed by atoms with Gasteiger partial charge in [0.05, 0.1) is 18.6 Å². The second-order valence-electron chi connectivity index (χ2n) is 6.82. The summed E-state index contributed by atoms with van der Waals surface area (Å²) in [7, 11) is 0. The largest absolute Gasteiger partial charge is 0.352 e. The third kappa shape index (κ3) is 2.44. The van der Waals surface area contributed by atoms with Crippen molar-refractivity contribution in [3.63, 3.8) is 0 Å². The van der Waals surface area contributed by atoms with Crippen LogP contribution in [0.25, 0.3) is 0 Å². The zero-order valence-electron chi connectivity index (χ0n) is 12.8. The summed E-state index contributed by atoms with van der Waals surface area (Å²) in [5.41, 5.74) is 0.856. The molecule has 22 heavy (non-hydrogen) atoms. The first-order chi connectivity index (χ1) is 10.7. The van der Waals surface area contributed by atoms with Crippen LogP contribution in [0.15, 0.2) is 30.3 Å². The standard InChI is InChI=1S/C18H23NO3/c20-16(17(9-10-17)14-5-2-1-3-6-14)19-15-7-4-8-18(13-15)21-11-12-22-18/h1-3,5-6,15H,4,7-13H2,(H,19,20)/t15-/m1/s1. The lowest BCUT2D eigenvalue weighted by Crippen LogP contribution is -2.48. The molecule has 0 bridgehead atoms. The van der Waals surface area contributed by atoms with Crippen LogP contribution in [0.5, 0.6) is 0 Å². The van der Waals surface area contributed by atoms with Crippen molar-refractivity contribution in [1.29, 1.82) is 0 Å². The Labute approximate surface area is 131 Å². The summed E-state index contributed by atoms with van der Waals surface area (Å²) in [4.78, 5) is 12.8. The van der Waals surface area contributed by atoms with E-state index < -0.39 is 5.79 Å². The number of ether oxygens (including phenoxy) is 2. The molecule has 1 saturated heterocycles. The van der Waals surface area contributed by atoms with Crippen LogP contribution in [0.1, 0.15) is 44.1 Å². The molecule has 1 heterocycles. The number of rotatable bonds is 3. The normalized spacial score (nSPS) is 28.5. The van der Waals surface area contributed by atoms with Gasteiger partial charge in [0.1, 0.15) is 0 Å². The van der Waals surface area contributed by atoms with Crippen LogP contribution >= 0.6 is 0 Å². The summed E-state index contributed by atoms with van der Waals surface area (Å²) in [5, 5.41) is 3.27. The summed E-state index contributed by atoms with van der Waals surface area (Å²) in [6.07, 6.45) is 5.70. The number of nitrogens with one attached hydrogen (secondary N) is 1. The molecule has 4 rings (SSSR count). The van der Waals surface area contributed by atoms with Crippen molar-refractivity contribution in [3.05, 3.63) is 35.9 Å². The summed E-state index contributed by atoms with van der Waals surface area (Å²) in [6, 6.07) is 10.3. The summed E-state index contributed by atoms with van der Waals surface area (Å²) < 4.78 is 11.6. The Morgan fingerprint density at radius 2 is 1.82 bits per heavy atom. The number of amides is 1. The number of carbonyl (C=O) groups excluding carboxylic acids is 1. The van der Waals surface area contributed by atoms with E-state index in [1.54, 1.807) is 0 Å². The minimum Gasteiger partial charge on any atom is -0.352 e. The van der Waals surface area contributed by atoms with Gasteiger partial charge in [0.15, 0.2) is 5.79 Å². The van der Waals surface area contributed by atoms with Crippen molar-refractivity contribution < 1.29 is 14.3 Å². The lowest BCUT2D eigenvalue weighted by Gasteiger charge is -2.37. The first-order valence-electron chi connectivity index (χ1n) is 8.37. The van der Waals surface area contributed by atoms with Gasteiger partial charge in [0.25, 0.3) is 0 Å². The van der Waals surface area contributed by atoms with Gasteiger partial charge in [0, 0.05) is 18.9 Å². The molecular weight excluding hydrogens is 278 g/mol. The van der Waals surface area contributed by atoms with Gasteiger partial charge in [-0.05, 0) is 31.2 Å². The summed E-state index contributed by atoms with van der Waals surface area (Å²) >= 11 is 0. The predicted octanol–water partition coefficient (Wildman–Crippen LogP) is 2.52. The highest BCUT2D eigenvalue weighted by molar-refractivity contribution is 5.91. The van der Waals surface area contributed by atoms with Crippen molar-refractivity contribution >= 4 is 5.91 Å². The molecule has 1 aromatic rings. The van der Waals surface area contributed by atoms with E-state index in [1.165, 1.54) is 0 Å². The van der Waals surface area contributed by atoms with Crippen LogP contribution < -0.4 is 5.32 Å². The molecule has 1 spiro atoms. The number of hydrogen-bond donors (Lipinski definition) is 1. The van der Waals surface area contributed by atoms with Crippen LogP contribution in [-0.4, -0.2) is 30.9 Å². The Morgan fingerprint density at radius 3 is 2.50 bits per heavy atom. The topological polar surface area (TPSA) is 47.6 Å². The molecular formula is C18H23NO3. The van der Waals surface area contributed by atoms with Gasteiger partial charge >= 0.3 is 0 Å². The fourth-order valence-corrected chi connectivity index (χ4v) is 3.93. The van der Waals surface area contributed by atoms with E-state index in [9.17, 15) is 4.79 Å². The third-order valence-electron chi connectivity index (χ3n) is 5.33. The molecule has 1 amide bonds. The van der Waals surface area contributed by atoms with Gasteiger partial charge in [0.2, 0.25) is 5.91 Å². The van der Waals surface area contributed by atoms with Gasteiger partial charge in [-0.2, -0.15) is 0 Å². The first kappa shape index (κ1) is 14.2. The Bertz CT molecular complexity index is 547. The van der Waals surface area contributed by atoms with Gasteiger partial charge in [-0.15, -0.1) is 0 Å². The van der Waals surface area contributed by atoms with Crippen LogP contribution in [0.3, 0.4) is 0 Å². The summed E-state index contributed by atoms with van der Waals surface area (Å²) in [5.74, 6) is -0.251. The van der Waals surface area contributed by atoms with Crippen molar-refractivity contribution in [2.24, 2.45) is 0 Å². The molecule has 0 unspecified atom stereocenters. The molecule has 3 fully saturated rings. The Morgan fingerprint density at radius 1 is 1.09 bits per heavy atom. The van der Waals surface area contributed by atoms with E-state index in [0.29, 0.717) is 13.2 Å². The Hall–Kier alpha value is -1.39. The average molecular weight is 301 g/mol. The molecule has 1 atom stereocenters. The molecule has 1 aliphatic heterocycles. The summed E-state index contributed by atoms with van der Waals surface area (Å²) in [6.45, 7) is 1.35. The predicted molar refractivity (Wildman–Crippen MR) is 82.4 cm³/mol. The van der Waals surface area contributed by atoms with Gasteiger partial charge in [-0.3, -0.25) is 4.79 Å². The molecule has 2 saturated carbocycles. The first-order valence-corrected chi connectivity index (χ1v) is 8.37. The smallest absolute Gasteiger partial charge is 0.230 e. The van der Waals surface area contributed by atoms with Crippen LogP contribution in [0.4, 0.5) is 0 Å². The fraction of sp³-hybridized carbons (Fsp3) is 0.611. The number of benzene rings is 1. The molecule has 4 nitrogen and oxygen atoms in total. The second kappa shape index (κ2) is 5.36. The van der Waals surface area contributed by atoms with Crippen LogP contribution in [-0.2, 0) is 19.7 Å². The van der Waals surface area contributed by atoms with Gasteiger partial charge in [-0.25, -0.2) is 0 Å². The number of hydrogen-bond acceptors (Lipinski definition) is 3. The monoisotopic (exact) mass is 301 g/mol. The van der Waals surface area contributed by atoms with E-state index in [0.717, 1.165) is 44.1 Å². The van der Waals surface area contributed by atoms with Crippen LogP contribution in [0.2, 0.25) is 0 Å². The molecule has 118 valence electrons. The van der Waals surface area contributed by atoms with Gasteiger partial charge in [-0.1, -0.05) is 30.3 Å². The van der Waals surface area contributed by atoms with E-state index >= 15 is 0 Å². The Balaban J connectivity index is 1.44. The lowest BCUT2D eigenvalue weighted by molar-refractivity contribution is -0.182. The quantitative estimate of drug-likeness (QED) is 0.933. The molecule has 1 N–H and O–H groups in total. The van der Waals surface area contributed by atoms with Crippen molar-refractivity contribution in [2.45, 2.75) is 55.8 Å². The molecule has 0 aromatic heterocycles. The molecule has 3 aliphatic rings. The van der Waals surface area contributed by atoms with E-state index in [4.69, 9.17) is 9.47 Å². The fourth-order valence-electron chi connectivity index (χ4n) is 3.93. The molecule has 2 aliphatic carbocycles. The van der Waals surface area contributed by atoms with E-state index in [-0.39, 0.29) is 17.4 Å². The zero-order chi connectivity index (χ0) is 15.0. The maximum absolute atomic E-state index is 12.8. The highest BCUT2D eigenvalue weighted by atomic mass is 16.7. The highest BCUT2D eigenvalue weighted by Gasteiger charge is 2.52. The molecule has 4 heteroatoms. The minimum absolute atomic E-state index is 0.167. The van der Waals surface area contributed by atoms with Crippen LogP contribution in [0, 0.1) is 0 Å². The van der Waals surface area contributed by atoms with E-state index in [2.05, 4.69) is 17.4 Å². The number of carbonyl (C=O) groups is 1. The average Bonchev–Trinajstić information content (AvgIpc) is 3.25. The third-order valence-corrected chi connectivity index (χ3v) is 5.33. The second-order valence-corrected chi connectivity index (χ2v) is 6.82. The Kier molecular flexibility index (Phi) is 3.46.